The predicted molar refractivity (Wildman–Crippen MR) is 68.3 cm³/mol. The molecule has 0 aromatic carbocycles. The van der Waals surface area contributed by atoms with E-state index in [1.54, 1.807) is 0 Å². The molecule has 0 unspecified atom stereocenters. The molecule has 1 aliphatic heterocycles. The van der Waals surface area contributed by atoms with E-state index in [0.29, 0.717) is 11.6 Å². The Kier molecular flexibility index (Phi) is 4.53. The number of hydrogen-bond donors (Lipinski definition) is 0. The molecule has 0 aliphatic carbocycles. The van der Waals surface area contributed by atoms with Crippen molar-refractivity contribution in [2.75, 3.05) is 22.2 Å². The van der Waals surface area contributed by atoms with Crippen LogP contribution in [0.1, 0.15) is 13.8 Å². The van der Waals surface area contributed by atoms with Gasteiger partial charge in [-0.05, 0) is 13.8 Å². The molecule has 0 amide bonds. The molecule has 4 heteroatoms. The van der Waals surface area contributed by atoms with Crippen molar-refractivity contribution >= 4 is 45.2 Å². The topological polar surface area (TPSA) is 12.5 Å². The van der Waals surface area contributed by atoms with Gasteiger partial charge in [-0.3, -0.25) is 4.90 Å². The molecule has 12 heavy (non-hydrogen) atoms. The number of rotatable bonds is 4. The summed E-state index contributed by atoms with van der Waals surface area (Å²) in [5.74, 6) is 0. The third-order valence-electron chi connectivity index (χ3n) is 2.35. The molecule has 0 atom stereocenters. The van der Waals surface area contributed by atoms with Crippen LogP contribution < -0.4 is 0 Å². The third kappa shape index (κ3) is 2.06. The molecule has 0 spiro atoms. The summed E-state index contributed by atoms with van der Waals surface area (Å²) in [4.78, 5) is 2.53. The van der Waals surface area contributed by atoms with Gasteiger partial charge in [0, 0.05) is 10.5 Å². The van der Waals surface area contributed by atoms with Gasteiger partial charge in [0.2, 0.25) is 0 Å². The first-order valence-electron chi connectivity index (χ1n) is 4.13. The summed E-state index contributed by atoms with van der Waals surface area (Å²) in [7, 11) is 0. The van der Waals surface area contributed by atoms with Gasteiger partial charge in [-0.1, -0.05) is 45.2 Å². The largest absolute Gasteiger partial charge is 0.377 e. The molecule has 2 nitrogen and oxygen atoms in total. The highest BCUT2D eigenvalue weighted by Gasteiger charge is 2.43. The maximum absolute atomic E-state index is 5.31. The number of hydrogen-bond acceptors (Lipinski definition) is 2. The van der Waals surface area contributed by atoms with Gasteiger partial charge in [0.15, 0.2) is 0 Å². The van der Waals surface area contributed by atoms with Crippen molar-refractivity contribution in [3.63, 3.8) is 0 Å². The molecular weight excluding hydrogens is 380 g/mol. The SMILES string of the molecule is CC(C)N(CI)C1(CI)COC1. The highest BCUT2D eigenvalue weighted by Crippen LogP contribution is 2.29. The summed E-state index contributed by atoms with van der Waals surface area (Å²) in [5.41, 5.74) is 0.343. The zero-order valence-corrected chi connectivity index (χ0v) is 11.8. The first-order chi connectivity index (χ1) is 5.66. The molecule has 0 saturated carbocycles. The summed E-state index contributed by atoms with van der Waals surface area (Å²) >= 11 is 4.90. The van der Waals surface area contributed by atoms with Crippen molar-refractivity contribution in [2.45, 2.75) is 25.4 Å². The summed E-state index contributed by atoms with van der Waals surface area (Å²) in [5, 5.41) is 0. The van der Waals surface area contributed by atoms with Crippen LogP contribution in [-0.4, -0.2) is 38.7 Å². The molecule has 1 rings (SSSR count). The zero-order chi connectivity index (χ0) is 9.19. The minimum atomic E-state index is 0.343. The number of nitrogens with zero attached hydrogens (tertiary/aromatic N) is 1. The normalized spacial score (nSPS) is 21.5. The Bertz CT molecular complexity index is 142. The van der Waals surface area contributed by atoms with E-state index >= 15 is 0 Å². The molecule has 72 valence electrons. The van der Waals surface area contributed by atoms with Gasteiger partial charge in [-0.15, -0.1) is 0 Å². The monoisotopic (exact) mass is 395 g/mol. The van der Waals surface area contributed by atoms with Gasteiger partial charge in [-0.2, -0.15) is 0 Å². The van der Waals surface area contributed by atoms with Crippen molar-refractivity contribution in [3.05, 3.63) is 0 Å². The van der Waals surface area contributed by atoms with Gasteiger partial charge in [-0.25, -0.2) is 0 Å². The van der Waals surface area contributed by atoms with Crippen molar-refractivity contribution in [2.24, 2.45) is 0 Å². The van der Waals surface area contributed by atoms with E-state index in [0.717, 1.165) is 17.8 Å². The average Bonchev–Trinajstić information content (AvgIpc) is 1.95. The number of alkyl halides is 2. The fourth-order valence-electron chi connectivity index (χ4n) is 1.47. The van der Waals surface area contributed by atoms with E-state index in [2.05, 4.69) is 63.9 Å². The van der Waals surface area contributed by atoms with Crippen LogP contribution >= 0.6 is 45.2 Å². The minimum Gasteiger partial charge on any atom is -0.377 e. The Morgan fingerprint density at radius 2 is 2.00 bits per heavy atom. The second-order valence-corrected chi connectivity index (χ2v) is 4.98. The quantitative estimate of drug-likeness (QED) is 0.412. The lowest BCUT2D eigenvalue weighted by atomic mass is 9.97. The van der Waals surface area contributed by atoms with Gasteiger partial charge in [0.1, 0.15) is 0 Å². The maximum Gasteiger partial charge on any atom is 0.0777 e. The lowest BCUT2D eigenvalue weighted by Gasteiger charge is -2.50. The van der Waals surface area contributed by atoms with E-state index in [4.69, 9.17) is 4.74 Å². The lowest BCUT2D eigenvalue weighted by molar-refractivity contribution is -0.127. The van der Waals surface area contributed by atoms with Gasteiger partial charge in [0.25, 0.3) is 0 Å². The van der Waals surface area contributed by atoms with E-state index in [-0.39, 0.29) is 0 Å². The van der Waals surface area contributed by atoms with Crippen molar-refractivity contribution in [3.8, 4) is 0 Å². The van der Waals surface area contributed by atoms with E-state index in [9.17, 15) is 0 Å². The molecule has 0 bridgehead atoms. The number of ether oxygens (including phenoxy) is 1. The molecule has 0 aromatic rings. The smallest absolute Gasteiger partial charge is 0.0777 e. The molecule has 0 aromatic heterocycles. The van der Waals surface area contributed by atoms with Crippen LogP contribution in [0.3, 0.4) is 0 Å². The summed E-state index contributed by atoms with van der Waals surface area (Å²) in [6, 6.07) is 0.626. The van der Waals surface area contributed by atoms with Crippen LogP contribution in [0.2, 0.25) is 0 Å². The van der Waals surface area contributed by atoms with Crippen molar-refractivity contribution < 1.29 is 4.74 Å². The Balaban J connectivity index is 2.61. The second-order valence-electron chi connectivity index (χ2n) is 3.53. The Morgan fingerprint density at radius 3 is 2.08 bits per heavy atom. The highest BCUT2D eigenvalue weighted by molar-refractivity contribution is 14.1. The first kappa shape index (κ1) is 11.5. The molecular formula is C8H15I2NO. The fraction of sp³-hybridized carbons (Fsp3) is 1.00. The summed E-state index contributed by atoms with van der Waals surface area (Å²) in [6.45, 7) is 6.34. The van der Waals surface area contributed by atoms with Crippen LogP contribution in [0.15, 0.2) is 0 Å². The minimum absolute atomic E-state index is 0.343. The van der Waals surface area contributed by atoms with Crippen LogP contribution in [0.5, 0.6) is 0 Å². The third-order valence-corrected chi connectivity index (χ3v) is 4.51. The summed E-state index contributed by atoms with van der Waals surface area (Å²) in [6.07, 6.45) is 0. The first-order valence-corrected chi connectivity index (χ1v) is 7.18. The Hall–Kier alpha value is 1.38. The highest BCUT2D eigenvalue weighted by atomic mass is 127. The van der Waals surface area contributed by atoms with Crippen molar-refractivity contribution in [1.29, 1.82) is 0 Å². The molecule has 0 N–H and O–H groups in total. The van der Waals surface area contributed by atoms with Crippen molar-refractivity contribution in [1.82, 2.24) is 4.90 Å². The zero-order valence-electron chi connectivity index (χ0n) is 7.52. The van der Waals surface area contributed by atoms with Crippen LogP contribution in [0.25, 0.3) is 0 Å². The van der Waals surface area contributed by atoms with Crippen LogP contribution in [0.4, 0.5) is 0 Å². The maximum atomic E-state index is 5.31. The lowest BCUT2D eigenvalue weighted by Crippen LogP contribution is -2.64. The molecule has 1 saturated heterocycles. The van der Waals surface area contributed by atoms with E-state index in [1.807, 2.05) is 0 Å². The van der Waals surface area contributed by atoms with Gasteiger partial charge >= 0.3 is 0 Å². The second kappa shape index (κ2) is 4.75. The molecule has 1 fully saturated rings. The molecule has 1 heterocycles. The molecule has 1 aliphatic rings. The molecule has 0 radical (unpaired) electrons. The Morgan fingerprint density at radius 1 is 1.42 bits per heavy atom. The van der Waals surface area contributed by atoms with E-state index < -0.39 is 0 Å². The Labute approximate surface area is 102 Å². The average molecular weight is 395 g/mol. The van der Waals surface area contributed by atoms with Crippen LogP contribution in [-0.2, 0) is 4.74 Å². The van der Waals surface area contributed by atoms with Crippen LogP contribution in [0, 0.1) is 0 Å². The van der Waals surface area contributed by atoms with E-state index in [1.165, 1.54) is 4.43 Å². The van der Waals surface area contributed by atoms with Gasteiger partial charge < -0.3 is 4.74 Å². The number of halogens is 2. The summed E-state index contributed by atoms with van der Waals surface area (Å²) < 4.78 is 7.58. The van der Waals surface area contributed by atoms with Gasteiger partial charge in [0.05, 0.1) is 23.3 Å². The fourth-order valence-corrected chi connectivity index (χ4v) is 3.86. The standard InChI is InChI=1S/C8H15I2NO/c1-7(2)11(6-10)8(3-9)4-12-5-8/h7H,3-6H2,1-2H3. The predicted octanol–water partition coefficient (Wildman–Crippen LogP) is 2.29.